The molecule has 3 aliphatic rings. The summed E-state index contributed by atoms with van der Waals surface area (Å²) < 4.78 is 10.9. The second-order valence-corrected chi connectivity index (χ2v) is 8.07. The number of hydrogen-bond acceptors (Lipinski definition) is 4. The fraction of sp³-hybridized carbons (Fsp3) is 0.714. The van der Waals surface area contributed by atoms with Crippen molar-refractivity contribution >= 4 is 0 Å². The maximum Gasteiger partial charge on any atom is 0.0594 e. The van der Waals surface area contributed by atoms with Gasteiger partial charge in [-0.1, -0.05) is 23.8 Å². The summed E-state index contributed by atoms with van der Waals surface area (Å²) in [4.78, 5) is 5.25. The third-order valence-electron chi connectivity index (χ3n) is 6.63. The molecule has 25 heavy (non-hydrogen) atoms. The zero-order valence-corrected chi connectivity index (χ0v) is 15.8. The Morgan fingerprint density at radius 1 is 1.16 bits per heavy atom. The number of hydrogen-bond donors (Lipinski definition) is 0. The molecule has 1 aliphatic carbocycles. The van der Waals surface area contributed by atoms with Gasteiger partial charge < -0.3 is 14.4 Å². The van der Waals surface area contributed by atoms with E-state index in [0.717, 1.165) is 39.5 Å². The minimum absolute atomic E-state index is 0.385. The highest BCUT2D eigenvalue weighted by Gasteiger charge is 2.47. The van der Waals surface area contributed by atoms with Crippen LogP contribution in [0.1, 0.15) is 42.0 Å². The number of rotatable bonds is 4. The number of aryl methyl sites for hydroxylation is 1. The predicted octanol–water partition coefficient (Wildman–Crippen LogP) is 2.75. The third-order valence-corrected chi connectivity index (χ3v) is 6.63. The van der Waals surface area contributed by atoms with Gasteiger partial charge in [0.2, 0.25) is 0 Å². The van der Waals surface area contributed by atoms with Crippen LogP contribution in [0.15, 0.2) is 18.2 Å². The average Bonchev–Trinajstić information content (AvgIpc) is 2.95. The van der Waals surface area contributed by atoms with Crippen LogP contribution in [0.3, 0.4) is 0 Å². The van der Waals surface area contributed by atoms with Crippen LogP contribution in [0.4, 0.5) is 0 Å². The van der Waals surface area contributed by atoms with Gasteiger partial charge in [-0.25, -0.2) is 0 Å². The van der Waals surface area contributed by atoms with Gasteiger partial charge in [-0.2, -0.15) is 0 Å². The molecule has 1 spiro atoms. The molecule has 4 heteroatoms. The molecule has 1 aromatic rings. The first-order chi connectivity index (χ1) is 12.2. The van der Waals surface area contributed by atoms with Crippen LogP contribution < -0.4 is 0 Å². The summed E-state index contributed by atoms with van der Waals surface area (Å²) in [7, 11) is 1.80. The minimum Gasteiger partial charge on any atom is -0.383 e. The van der Waals surface area contributed by atoms with E-state index in [1.165, 1.54) is 37.9 Å². The lowest BCUT2D eigenvalue weighted by atomic mass is 9.73. The molecule has 2 fully saturated rings. The lowest BCUT2D eigenvalue weighted by molar-refractivity contribution is 0.0100. The molecule has 138 valence electrons. The van der Waals surface area contributed by atoms with Crippen LogP contribution >= 0.6 is 0 Å². The van der Waals surface area contributed by atoms with E-state index in [2.05, 4.69) is 34.9 Å². The van der Waals surface area contributed by atoms with Crippen molar-refractivity contribution in [1.82, 2.24) is 9.80 Å². The quantitative estimate of drug-likeness (QED) is 0.838. The van der Waals surface area contributed by atoms with E-state index in [-0.39, 0.29) is 0 Å². The zero-order valence-electron chi connectivity index (χ0n) is 15.8. The van der Waals surface area contributed by atoms with Gasteiger partial charge in [-0.05, 0) is 55.8 Å². The maximum atomic E-state index is 5.60. The van der Waals surface area contributed by atoms with E-state index in [9.17, 15) is 0 Å². The normalized spacial score (nSPS) is 26.9. The van der Waals surface area contributed by atoms with Gasteiger partial charge in [-0.15, -0.1) is 0 Å². The van der Waals surface area contributed by atoms with Gasteiger partial charge in [0.15, 0.2) is 0 Å². The Balaban J connectivity index is 1.56. The largest absolute Gasteiger partial charge is 0.383 e. The van der Waals surface area contributed by atoms with E-state index < -0.39 is 0 Å². The van der Waals surface area contributed by atoms with Crippen molar-refractivity contribution in [3.8, 4) is 0 Å². The summed E-state index contributed by atoms with van der Waals surface area (Å²) in [5.74, 6) is 0. The number of likely N-dealkylation sites (tertiary alicyclic amines) is 1. The van der Waals surface area contributed by atoms with Crippen molar-refractivity contribution in [2.45, 2.75) is 37.6 Å². The molecule has 2 heterocycles. The second-order valence-electron chi connectivity index (χ2n) is 8.07. The third kappa shape index (κ3) is 3.37. The molecule has 1 atom stereocenters. The van der Waals surface area contributed by atoms with E-state index in [1.807, 2.05) is 0 Å². The Morgan fingerprint density at radius 2 is 1.92 bits per heavy atom. The van der Waals surface area contributed by atoms with E-state index in [4.69, 9.17) is 9.47 Å². The number of ether oxygens (including phenoxy) is 2. The van der Waals surface area contributed by atoms with Gasteiger partial charge in [0.25, 0.3) is 0 Å². The zero-order chi connectivity index (χ0) is 17.3. The van der Waals surface area contributed by atoms with Crippen molar-refractivity contribution in [2.24, 2.45) is 0 Å². The molecule has 2 aliphatic heterocycles. The number of benzene rings is 1. The van der Waals surface area contributed by atoms with E-state index in [1.54, 1.807) is 18.2 Å². The first-order valence-electron chi connectivity index (χ1n) is 9.86. The van der Waals surface area contributed by atoms with Crippen LogP contribution in [0.2, 0.25) is 0 Å². The van der Waals surface area contributed by atoms with Crippen LogP contribution in [0.25, 0.3) is 0 Å². The Labute approximate surface area is 152 Å². The summed E-state index contributed by atoms with van der Waals surface area (Å²) in [6.45, 7) is 10.5. The standard InChI is InChI=1S/C21H32N2O2/c1-17-3-4-19-18(15-17)20(23-10-13-25-14-11-23)16-21(19)5-7-22(8-6-21)9-12-24-2/h3-4,15,20H,5-14,16H2,1-2H3/t20-/m1/s1. The molecule has 0 bridgehead atoms. The summed E-state index contributed by atoms with van der Waals surface area (Å²) in [5, 5.41) is 0. The number of nitrogens with zero attached hydrogens (tertiary/aromatic N) is 2. The summed E-state index contributed by atoms with van der Waals surface area (Å²) in [6.07, 6.45) is 3.87. The molecule has 0 unspecified atom stereocenters. The minimum atomic E-state index is 0.385. The molecular weight excluding hydrogens is 312 g/mol. The van der Waals surface area contributed by atoms with Gasteiger partial charge in [0.05, 0.1) is 19.8 Å². The van der Waals surface area contributed by atoms with Crippen LogP contribution in [0, 0.1) is 6.92 Å². The van der Waals surface area contributed by atoms with Crippen LogP contribution in [-0.2, 0) is 14.9 Å². The molecule has 0 amide bonds. The molecule has 0 aromatic heterocycles. The first kappa shape index (κ1) is 17.5. The van der Waals surface area contributed by atoms with Gasteiger partial charge >= 0.3 is 0 Å². The van der Waals surface area contributed by atoms with Crippen molar-refractivity contribution in [3.05, 3.63) is 34.9 Å². The molecule has 0 saturated carbocycles. The van der Waals surface area contributed by atoms with E-state index in [0.29, 0.717) is 11.5 Å². The van der Waals surface area contributed by atoms with Crippen LogP contribution in [0.5, 0.6) is 0 Å². The fourth-order valence-electron chi connectivity index (χ4n) is 5.14. The second kappa shape index (κ2) is 7.36. The predicted molar refractivity (Wildman–Crippen MR) is 100 cm³/mol. The molecule has 4 rings (SSSR count). The van der Waals surface area contributed by atoms with Gasteiger partial charge in [0.1, 0.15) is 0 Å². The lowest BCUT2D eigenvalue weighted by Crippen LogP contribution is -2.44. The first-order valence-corrected chi connectivity index (χ1v) is 9.86. The Morgan fingerprint density at radius 3 is 2.64 bits per heavy atom. The van der Waals surface area contributed by atoms with Crippen molar-refractivity contribution in [3.63, 3.8) is 0 Å². The SMILES string of the molecule is COCCN1CCC2(CC1)C[C@@H](N1CCOCC1)c1cc(C)ccc12. The summed E-state index contributed by atoms with van der Waals surface area (Å²) in [5.41, 5.74) is 5.02. The highest BCUT2D eigenvalue weighted by Crippen LogP contribution is 2.53. The number of methoxy groups -OCH3 is 1. The lowest BCUT2D eigenvalue weighted by Gasteiger charge is -2.41. The monoisotopic (exact) mass is 344 g/mol. The molecule has 0 N–H and O–H groups in total. The Kier molecular flexibility index (Phi) is 5.14. The highest BCUT2D eigenvalue weighted by molar-refractivity contribution is 5.45. The maximum absolute atomic E-state index is 5.60. The smallest absolute Gasteiger partial charge is 0.0594 e. The highest BCUT2D eigenvalue weighted by atomic mass is 16.5. The number of fused-ring (bicyclic) bond motifs is 2. The topological polar surface area (TPSA) is 24.9 Å². The van der Waals surface area contributed by atoms with Crippen molar-refractivity contribution in [2.75, 3.05) is 59.7 Å². The summed E-state index contributed by atoms with van der Waals surface area (Å²) in [6, 6.07) is 7.81. The van der Waals surface area contributed by atoms with E-state index >= 15 is 0 Å². The summed E-state index contributed by atoms with van der Waals surface area (Å²) >= 11 is 0. The molecular formula is C21H32N2O2. The molecule has 1 aromatic carbocycles. The van der Waals surface area contributed by atoms with Crippen molar-refractivity contribution in [1.29, 1.82) is 0 Å². The molecule has 2 saturated heterocycles. The molecule has 4 nitrogen and oxygen atoms in total. The van der Waals surface area contributed by atoms with Gasteiger partial charge in [-0.3, -0.25) is 4.90 Å². The Bertz CT molecular complexity index is 590. The van der Waals surface area contributed by atoms with Crippen LogP contribution in [-0.4, -0.2) is 69.5 Å². The average molecular weight is 344 g/mol. The van der Waals surface area contributed by atoms with Gasteiger partial charge in [0, 0.05) is 32.8 Å². The molecule has 0 radical (unpaired) electrons. The Hall–Kier alpha value is -0.940. The van der Waals surface area contributed by atoms with Crippen molar-refractivity contribution < 1.29 is 9.47 Å². The fourth-order valence-corrected chi connectivity index (χ4v) is 5.14. The number of piperidine rings is 1. The number of morpholine rings is 1.